The van der Waals surface area contributed by atoms with Gasteiger partial charge in [0, 0.05) is 37.2 Å². The summed E-state index contributed by atoms with van der Waals surface area (Å²) in [6.07, 6.45) is 0. The van der Waals surface area contributed by atoms with Crippen LogP contribution in [0.15, 0.2) is 140 Å². The van der Waals surface area contributed by atoms with E-state index in [0.29, 0.717) is 0 Å². The van der Waals surface area contributed by atoms with Gasteiger partial charge in [0.25, 0.3) is 0 Å². The molecule has 0 saturated heterocycles. The second-order valence-corrected chi connectivity index (χ2v) is 10.1. The molecule has 1 heterocycles. The molecule has 0 aliphatic rings. The average molecular weight is 478 g/mol. The van der Waals surface area contributed by atoms with E-state index in [9.17, 15) is 0 Å². The number of nitrogens with zero attached hydrogens (tertiary/aromatic N) is 1. The van der Waals surface area contributed by atoms with Crippen LogP contribution in [0.1, 0.15) is 0 Å². The molecule has 0 amide bonds. The van der Waals surface area contributed by atoms with Crippen molar-refractivity contribution >= 4 is 59.3 Å². The lowest BCUT2D eigenvalue weighted by Crippen LogP contribution is -2.09. The van der Waals surface area contributed by atoms with Crippen molar-refractivity contribution in [2.75, 3.05) is 4.90 Å². The molecule has 0 unspecified atom stereocenters. The summed E-state index contributed by atoms with van der Waals surface area (Å²) in [5, 5.41) is 5.30. The average Bonchev–Trinajstić information content (AvgIpc) is 3.33. The molecule has 0 N–H and O–H groups in total. The molecular weight excluding hydrogens is 454 g/mol. The van der Waals surface area contributed by atoms with Gasteiger partial charge >= 0.3 is 0 Å². The largest absolute Gasteiger partial charge is 0.310 e. The fourth-order valence-electron chi connectivity index (χ4n) is 5.13. The molecule has 0 aliphatic carbocycles. The van der Waals surface area contributed by atoms with E-state index in [1.54, 1.807) is 0 Å². The van der Waals surface area contributed by atoms with Gasteiger partial charge in [-0.3, -0.25) is 0 Å². The van der Waals surface area contributed by atoms with Gasteiger partial charge in [0.1, 0.15) is 0 Å². The maximum absolute atomic E-state index is 2.34. The fraction of sp³-hybridized carbons (Fsp3) is 0. The minimum Gasteiger partial charge on any atom is -0.310 e. The maximum Gasteiger partial charge on any atom is 0.0476 e. The second kappa shape index (κ2) is 8.67. The Morgan fingerprint density at radius 2 is 1.06 bits per heavy atom. The van der Waals surface area contributed by atoms with Gasteiger partial charge in [0.2, 0.25) is 0 Å². The molecule has 0 spiro atoms. The molecule has 0 fully saturated rings. The zero-order valence-corrected chi connectivity index (χ0v) is 20.5. The van der Waals surface area contributed by atoms with Crippen LogP contribution < -0.4 is 4.90 Å². The molecule has 2 heteroatoms. The third-order valence-electron chi connectivity index (χ3n) is 6.85. The van der Waals surface area contributed by atoms with Crippen molar-refractivity contribution in [2.45, 2.75) is 0 Å². The molecule has 6 aromatic carbocycles. The van der Waals surface area contributed by atoms with Crippen molar-refractivity contribution in [3.63, 3.8) is 0 Å². The van der Waals surface area contributed by atoms with Crippen LogP contribution >= 0.6 is 11.3 Å². The van der Waals surface area contributed by atoms with Crippen molar-refractivity contribution in [3.05, 3.63) is 140 Å². The first-order chi connectivity index (χ1) is 17.8. The van der Waals surface area contributed by atoms with Gasteiger partial charge in [0.15, 0.2) is 0 Å². The van der Waals surface area contributed by atoms with E-state index in [1.165, 1.54) is 42.1 Å². The Kier molecular flexibility index (Phi) is 5.04. The Morgan fingerprint density at radius 3 is 1.86 bits per heavy atom. The summed E-state index contributed by atoms with van der Waals surface area (Å²) in [6, 6.07) is 50.1. The van der Waals surface area contributed by atoms with Crippen molar-refractivity contribution < 1.29 is 0 Å². The van der Waals surface area contributed by atoms with Crippen LogP contribution in [-0.4, -0.2) is 0 Å². The molecule has 0 atom stereocenters. The van der Waals surface area contributed by atoms with Gasteiger partial charge < -0.3 is 4.90 Å². The summed E-state index contributed by atoms with van der Waals surface area (Å²) < 4.78 is 2.64. The SMILES string of the molecule is c1ccc(-c2ccc(N(c3ccccc3)c3ccc4c(c3)sc3ccc5ccccc5c34)cc2)cc1. The number of fused-ring (bicyclic) bond motifs is 5. The molecule has 7 rings (SSSR count). The third kappa shape index (κ3) is 3.55. The summed E-state index contributed by atoms with van der Waals surface area (Å²) >= 11 is 1.87. The van der Waals surface area contributed by atoms with Gasteiger partial charge in [-0.05, 0) is 64.4 Å². The molecule has 0 saturated carbocycles. The minimum atomic E-state index is 1.15. The number of rotatable bonds is 4. The molecule has 7 aromatic rings. The number of para-hydroxylation sites is 1. The smallest absolute Gasteiger partial charge is 0.0476 e. The highest BCUT2D eigenvalue weighted by Gasteiger charge is 2.15. The fourth-order valence-corrected chi connectivity index (χ4v) is 6.29. The lowest BCUT2D eigenvalue weighted by molar-refractivity contribution is 1.29. The standard InChI is InChI=1S/C34H23NS/c1-3-9-24(10-4-1)25-15-18-28(19-16-25)35(27-12-5-2-6-13-27)29-20-21-31-33(23-29)36-32-22-17-26-11-7-8-14-30(26)34(31)32/h1-23H. The van der Waals surface area contributed by atoms with E-state index in [1.807, 2.05) is 11.3 Å². The Bertz CT molecular complexity index is 1820. The summed E-state index contributed by atoms with van der Waals surface area (Å²) in [7, 11) is 0. The molecule has 1 aromatic heterocycles. The summed E-state index contributed by atoms with van der Waals surface area (Å²) in [6.45, 7) is 0. The minimum absolute atomic E-state index is 1.15. The number of hydrogen-bond donors (Lipinski definition) is 0. The van der Waals surface area contributed by atoms with Crippen LogP contribution in [0.3, 0.4) is 0 Å². The van der Waals surface area contributed by atoms with E-state index in [2.05, 4.69) is 144 Å². The van der Waals surface area contributed by atoms with Crippen LogP contribution in [0.4, 0.5) is 17.1 Å². The maximum atomic E-state index is 2.34. The van der Waals surface area contributed by atoms with Gasteiger partial charge in [-0.15, -0.1) is 11.3 Å². The molecule has 170 valence electrons. The third-order valence-corrected chi connectivity index (χ3v) is 7.97. The predicted octanol–water partition coefficient (Wildman–Crippen LogP) is 10.3. The molecule has 0 aliphatic heterocycles. The zero-order valence-electron chi connectivity index (χ0n) is 19.6. The van der Waals surface area contributed by atoms with Gasteiger partial charge in [-0.25, -0.2) is 0 Å². The number of hydrogen-bond acceptors (Lipinski definition) is 2. The Hall–Kier alpha value is -4.40. The Morgan fingerprint density at radius 1 is 0.417 bits per heavy atom. The van der Waals surface area contributed by atoms with Gasteiger partial charge in [0.05, 0.1) is 0 Å². The first-order valence-electron chi connectivity index (χ1n) is 12.2. The summed E-state index contributed by atoms with van der Waals surface area (Å²) in [4.78, 5) is 2.34. The zero-order chi connectivity index (χ0) is 23.9. The van der Waals surface area contributed by atoms with Gasteiger partial charge in [-0.2, -0.15) is 0 Å². The molecule has 1 nitrogen and oxygen atoms in total. The summed E-state index contributed by atoms with van der Waals surface area (Å²) in [5.74, 6) is 0. The van der Waals surface area contributed by atoms with Crippen molar-refractivity contribution in [2.24, 2.45) is 0 Å². The highest BCUT2D eigenvalue weighted by Crippen LogP contribution is 2.42. The number of benzene rings is 6. The molecule has 0 bridgehead atoms. The topological polar surface area (TPSA) is 3.24 Å². The van der Waals surface area contributed by atoms with Crippen LogP contribution in [0.5, 0.6) is 0 Å². The molecular formula is C34H23NS. The van der Waals surface area contributed by atoms with E-state index in [-0.39, 0.29) is 0 Å². The lowest BCUT2D eigenvalue weighted by atomic mass is 10.0. The first-order valence-corrected chi connectivity index (χ1v) is 13.0. The van der Waals surface area contributed by atoms with Crippen molar-refractivity contribution in [1.29, 1.82) is 0 Å². The van der Waals surface area contributed by atoms with E-state index < -0.39 is 0 Å². The molecule has 36 heavy (non-hydrogen) atoms. The first kappa shape index (κ1) is 20.9. The Balaban J connectivity index is 1.38. The highest BCUT2D eigenvalue weighted by molar-refractivity contribution is 7.26. The normalized spacial score (nSPS) is 11.3. The van der Waals surface area contributed by atoms with Gasteiger partial charge in [-0.1, -0.05) is 97.1 Å². The summed E-state index contributed by atoms with van der Waals surface area (Å²) in [5.41, 5.74) is 5.91. The quantitative estimate of drug-likeness (QED) is 0.244. The highest BCUT2D eigenvalue weighted by atomic mass is 32.1. The van der Waals surface area contributed by atoms with Crippen LogP contribution in [0.25, 0.3) is 42.1 Å². The lowest BCUT2D eigenvalue weighted by Gasteiger charge is -2.25. The van der Waals surface area contributed by atoms with E-state index in [0.717, 1.165) is 17.1 Å². The van der Waals surface area contributed by atoms with E-state index >= 15 is 0 Å². The van der Waals surface area contributed by atoms with Crippen molar-refractivity contribution in [3.8, 4) is 11.1 Å². The van der Waals surface area contributed by atoms with Crippen LogP contribution in [0, 0.1) is 0 Å². The van der Waals surface area contributed by atoms with E-state index in [4.69, 9.17) is 0 Å². The van der Waals surface area contributed by atoms with Crippen LogP contribution in [0.2, 0.25) is 0 Å². The van der Waals surface area contributed by atoms with Crippen molar-refractivity contribution in [1.82, 2.24) is 0 Å². The number of anilines is 3. The Labute approximate surface area is 214 Å². The predicted molar refractivity (Wildman–Crippen MR) is 157 cm³/mol. The second-order valence-electron chi connectivity index (χ2n) is 9.03. The monoisotopic (exact) mass is 477 g/mol. The van der Waals surface area contributed by atoms with Crippen LogP contribution in [-0.2, 0) is 0 Å². The molecule has 0 radical (unpaired) electrons. The number of thiophene rings is 1.